The molecule has 0 bridgehead atoms. The van der Waals surface area contributed by atoms with Gasteiger partial charge in [-0.15, -0.1) is 0 Å². The summed E-state index contributed by atoms with van der Waals surface area (Å²) < 4.78 is 1.96. The van der Waals surface area contributed by atoms with Gasteiger partial charge in [-0.3, -0.25) is 4.68 Å². The van der Waals surface area contributed by atoms with E-state index in [4.69, 9.17) is 0 Å². The largest absolute Gasteiger partial charge is 0.303 e. The summed E-state index contributed by atoms with van der Waals surface area (Å²) in [6.07, 6.45) is 5.32. The van der Waals surface area contributed by atoms with Gasteiger partial charge in [-0.25, -0.2) is 0 Å². The molecule has 0 saturated carbocycles. The highest BCUT2D eigenvalue weighted by Gasteiger charge is 2.03. The van der Waals surface area contributed by atoms with Crippen molar-refractivity contribution < 1.29 is 4.79 Å². The van der Waals surface area contributed by atoms with E-state index >= 15 is 0 Å². The maximum Gasteiger partial charge on any atom is 0.120 e. The molecule has 0 amide bonds. The van der Waals surface area contributed by atoms with E-state index in [1.807, 2.05) is 16.9 Å². The average molecular weight is 180 g/mol. The second kappa shape index (κ2) is 4.80. The second-order valence-electron chi connectivity index (χ2n) is 3.25. The van der Waals surface area contributed by atoms with Crippen LogP contribution in [0.5, 0.6) is 0 Å². The Morgan fingerprint density at radius 2 is 2.46 bits per heavy atom. The molecule has 72 valence electrons. The Balaban J connectivity index is 2.57. The molecule has 1 atom stereocenters. The minimum atomic E-state index is 0.449. The number of aromatic nitrogens is 2. The normalized spacial score (nSPS) is 12.8. The van der Waals surface area contributed by atoms with Gasteiger partial charge in [-0.05, 0) is 25.8 Å². The highest BCUT2D eigenvalue weighted by molar-refractivity contribution is 5.49. The molecule has 1 aromatic heterocycles. The van der Waals surface area contributed by atoms with Crippen LogP contribution >= 0.6 is 0 Å². The molecule has 3 nitrogen and oxygen atoms in total. The third-order valence-electron chi connectivity index (χ3n) is 2.22. The van der Waals surface area contributed by atoms with Gasteiger partial charge < -0.3 is 4.79 Å². The topological polar surface area (TPSA) is 34.9 Å². The first-order chi connectivity index (χ1) is 6.27. The van der Waals surface area contributed by atoms with Gasteiger partial charge in [0.1, 0.15) is 6.29 Å². The summed E-state index contributed by atoms with van der Waals surface area (Å²) in [6.45, 7) is 4.27. The lowest BCUT2D eigenvalue weighted by Crippen LogP contribution is -2.04. The molecule has 1 aromatic rings. The fourth-order valence-corrected chi connectivity index (χ4v) is 1.15. The van der Waals surface area contributed by atoms with Crippen molar-refractivity contribution >= 4 is 6.29 Å². The van der Waals surface area contributed by atoms with Crippen LogP contribution in [-0.4, -0.2) is 16.1 Å². The number of hydrogen-bond donors (Lipinski definition) is 0. The first-order valence-corrected chi connectivity index (χ1v) is 4.75. The molecule has 0 saturated heterocycles. The van der Waals surface area contributed by atoms with Crippen LogP contribution in [0.25, 0.3) is 0 Å². The SMILES string of the molecule is CCC(C)n1ccc(CCC=O)n1. The van der Waals surface area contributed by atoms with Crippen LogP contribution in [0, 0.1) is 0 Å². The molecule has 0 aromatic carbocycles. The maximum atomic E-state index is 10.1. The van der Waals surface area contributed by atoms with Crippen molar-refractivity contribution in [2.24, 2.45) is 0 Å². The van der Waals surface area contributed by atoms with Gasteiger partial charge in [-0.2, -0.15) is 5.10 Å². The summed E-state index contributed by atoms with van der Waals surface area (Å²) >= 11 is 0. The molecule has 0 N–H and O–H groups in total. The fourth-order valence-electron chi connectivity index (χ4n) is 1.15. The lowest BCUT2D eigenvalue weighted by molar-refractivity contribution is -0.107. The van der Waals surface area contributed by atoms with Crippen LogP contribution in [0.3, 0.4) is 0 Å². The predicted molar refractivity (Wildman–Crippen MR) is 51.6 cm³/mol. The molecular weight excluding hydrogens is 164 g/mol. The van der Waals surface area contributed by atoms with Crippen LogP contribution in [0.15, 0.2) is 12.3 Å². The van der Waals surface area contributed by atoms with Crippen LogP contribution < -0.4 is 0 Å². The smallest absolute Gasteiger partial charge is 0.120 e. The Morgan fingerprint density at radius 3 is 3.08 bits per heavy atom. The van der Waals surface area contributed by atoms with Crippen LogP contribution in [0.2, 0.25) is 0 Å². The number of nitrogens with zero attached hydrogens (tertiary/aromatic N) is 2. The highest BCUT2D eigenvalue weighted by Crippen LogP contribution is 2.09. The van der Waals surface area contributed by atoms with Gasteiger partial charge in [0, 0.05) is 18.7 Å². The van der Waals surface area contributed by atoms with E-state index in [9.17, 15) is 4.79 Å². The molecule has 0 spiro atoms. The number of aldehydes is 1. The van der Waals surface area contributed by atoms with Crippen LogP contribution in [0.1, 0.15) is 38.4 Å². The van der Waals surface area contributed by atoms with Gasteiger partial charge >= 0.3 is 0 Å². The molecule has 1 heterocycles. The number of carbonyl (C=O) groups excluding carboxylic acids is 1. The Hall–Kier alpha value is -1.12. The van der Waals surface area contributed by atoms with Crippen LogP contribution in [0.4, 0.5) is 0 Å². The summed E-state index contributed by atoms with van der Waals surface area (Å²) in [4.78, 5) is 10.1. The third-order valence-corrected chi connectivity index (χ3v) is 2.22. The monoisotopic (exact) mass is 180 g/mol. The minimum absolute atomic E-state index is 0.449. The first-order valence-electron chi connectivity index (χ1n) is 4.75. The fraction of sp³-hybridized carbons (Fsp3) is 0.600. The predicted octanol–water partition coefficient (Wildman–Crippen LogP) is 1.99. The molecule has 13 heavy (non-hydrogen) atoms. The van der Waals surface area contributed by atoms with E-state index in [0.717, 1.165) is 24.8 Å². The van der Waals surface area contributed by atoms with Crippen LogP contribution in [-0.2, 0) is 11.2 Å². The molecule has 1 rings (SSSR count). The number of aryl methyl sites for hydroxylation is 1. The Morgan fingerprint density at radius 1 is 1.69 bits per heavy atom. The van der Waals surface area contributed by atoms with Crippen molar-refractivity contribution in [3.63, 3.8) is 0 Å². The Labute approximate surface area is 78.8 Å². The summed E-state index contributed by atoms with van der Waals surface area (Å²) in [5.74, 6) is 0. The van der Waals surface area contributed by atoms with E-state index in [1.165, 1.54) is 0 Å². The van der Waals surface area contributed by atoms with E-state index in [1.54, 1.807) is 0 Å². The average Bonchev–Trinajstić information content (AvgIpc) is 2.62. The molecule has 1 unspecified atom stereocenters. The second-order valence-corrected chi connectivity index (χ2v) is 3.25. The van der Waals surface area contributed by atoms with Crippen molar-refractivity contribution in [1.82, 2.24) is 9.78 Å². The zero-order valence-corrected chi connectivity index (χ0v) is 8.23. The van der Waals surface area contributed by atoms with Gasteiger partial charge in [0.05, 0.1) is 5.69 Å². The zero-order valence-electron chi connectivity index (χ0n) is 8.23. The maximum absolute atomic E-state index is 10.1. The molecule has 0 aliphatic rings. The first kappa shape index (κ1) is 9.96. The number of hydrogen-bond acceptors (Lipinski definition) is 2. The molecule has 0 aliphatic heterocycles. The van der Waals surface area contributed by atoms with Crippen molar-refractivity contribution in [3.05, 3.63) is 18.0 Å². The third kappa shape index (κ3) is 2.68. The zero-order chi connectivity index (χ0) is 9.68. The van der Waals surface area contributed by atoms with E-state index < -0.39 is 0 Å². The van der Waals surface area contributed by atoms with E-state index in [2.05, 4.69) is 18.9 Å². The molecule has 0 radical (unpaired) electrons. The quantitative estimate of drug-likeness (QED) is 0.649. The minimum Gasteiger partial charge on any atom is -0.303 e. The molecule has 0 fully saturated rings. The lowest BCUT2D eigenvalue weighted by atomic mass is 10.2. The van der Waals surface area contributed by atoms with Gasteiger partial charge in [-0.1, -0.05) is 6.92 Å². The van der Waals surface area contributed by atoms with Gasteiger partial charge in [0.15, 0.2) is 0 Å². The summed E-state index contributed by atoms with van der Waals surface area (Å²) in [6, 6.07) is 2.43. The lowest BCUT2D eigenvalue weighted by Gasteiger charge is -2.07. The Bertz CT molecular complexity index is 268. The molecular formula is C10H16N2O. The summed E-state index contributed by atoms with van der Waals surface area (Å²) in [5, 5.41) is 4.38. The van der Waals surface area contributed by atoms with Crippen molar-refractivity contribution in [2.45, 2.75) is 39.2 Å². The van der Waals surface area contributed by atoms with Crippen molar-refractivity contribution in [2.75, 3.05) is 0 Å². The Kier molecular flexibility index (Phi) is 3.68. The van der Waals surface area contributed by atoms with E-state index in [0.29, 0.717) is 12.5 Å². The van der Waals surface area contributed by atoms with Crippen molar-refractivity contribution in [1.29, 1.82) is 0 Å². The van der Waals surface area contributed by atoms with Gasteiger partial charge in [0.2, 0.25) is 0 Å². The number of rotatable bonds is 5. The molecule has 3 heteroatoms. The van der Waals surface area contributed by atoms with E-state index in [-0.39, 0.29) is 0 Å². The van der Waals surface area contributed by atoms with Gasteiger partial charge in [0.25, 0.3) is 0 Å². The number of carbonyl (C=O) groups is 1. The summed E-state index contributed by atoms with van der Waals surface area (Å²) in [5.41, 5.74) is 1.01. The molecule has 0 aliphatic carbocycles. The standard InChI is InChI=1S/C10H16N2O/c1-3-9(2)12-7-6-10(11-12)5-4-8-13/h6-9H,3-5H2,1-2H3. The highest BCUT2D eigenvalue weighted by atomic mass is 16.1. The van der Waals surface area contributed by atoms with Crippen molar-refractivity contribution in [3.8, 4) is 0 Å². The summed E-state index contributed by atoms with van der Waals surface area (Å²) in [7, 11) is 0.